The quantitative estimate of drug-likeness (QED) is 0.408. The molecule has 0 aliphatic heterocycles. The molecular weight excluding hydrogens is 409 g/mol. The number of sulfone groups is 1. The molecule has 0 unspecified atom stereocenters. The van der Waals surface area contributed by atoms with Crippen LogP contribution in [0.5, 0.6) is 0 Å². The molecule has 0 saturated heterocycles. The number of hydrogen-bond acceptors (Lipinski definition) is 4. The zero-order valence-corrected chi connectivity index (χ0v) is 15.9. The first kappa shape index (κ1) is 19.7. The molecule has 116 valence electrons. The summed E-state index contributed by atoms with van der Waals surface area (Å²) >= 11 is 1.70. The number of guanidine groups is 1. The van der Waals surface area contributed by atoms with Crippen molar-refractivity contribution in [1.29, 1.82) is 0 Å². The third-order valence-electron chi connectivity index (χ3n) is 2.89. The predicted molar refractivity (Wildman–Crippen MR) is 96.9 cm³/mol. The predicted octanol–water partition coefficient (Wildman–Crippen LogP) is 1.64. The van der Waals surface area contributed by atoms with E-state index in [-0.39, 0.29) is 36.5 Å². The van der Waals surface area contributed by atoms with Crippen LogP contribution in [0.4, 0.5) is 0 Å². The molecule has 0 aromatic carbocycles. The Morgan fingerprint density at radius 2 is 2.15 bits per heavy atom. The van der Waals surface area contributed by atoms with E-state index >= 15 is 0 Å². The summed E-state index contributed by atoms with van der Waals surface area (Å²) < 4.78 is 22.1. The van der Waals surface area contributed by atoms with E-state index in [0.717, 1.165) is 6.42 Å². The maximum absolute atomic E-state index is 11.5. The second-order valence-corrected chi connectivity index (χ2v) is 8.67. The van der Waals surface area contributed by atoms with E-state index in [1.54, 1.807) is 25.2 Å². The minimum Gasteiger partial charge on any atom is -0.370 e. The summed E-state index contributed by atoms with van der Waals surface area (Å²) in [6.07, 6.45) is 2.09. The Kier molecular flexibility index (Phi) is 8.04. The first-order valence-corrected chi connectivity index (χ1v) is 8.75. The average Bonchev–Trinajstić information content (AvgIpc) is 2.78. The summed E-state index contributed by atoms with van der Waals surface area (Å²) in [6, 6.07) is 4.07. The van der Waals surface area contributed by atoms with Gasteiger partial charge in [0, 0.05) is 17.7 Å². The first-order valence-electron chi connectivity index (χ1n) is 5.98. The van der Waals surface area contributed by atoms with E-state index in [2.05, 4.69) is 16.4 Å². The number of hydrogen-bond donors (Lipinski definition) is 2. The summed E-state index contributed by atoms with van der Waals surface area (Å²) in [6.45, 7) is 4.13. The Hall–Kier alpha value is -0.350. The van der Waals surface area contributed by atoms with E-state index in [0.29, 0.717) is 6.54 Å². The highest BCUT2D eigenvalue weighted by molar-refractivity contribution is 14.0. The molecule has 3 N–H and O–H groups in total. The second-order valence-electron chi connectivity index (χ2n) is 4.99. The van der Waals surface area contributed by atoms with Gasteiger partial charge in [-0.2, -0.15) is 0 Å². The third kappa shape index (κ3) is 6.40. The van der Waals surface area contributed by atoms with Gasteiger partial charge in [-0.3, -0.25) is 4.99 Å². The van der Waals surface area contributed by atoms with Gasteiger partial charge in [0.15, 0.2) is 15.8 Å². The van der Waals surface area contributed by atoms with Crippen LogP contribution in [0.3, 0.4) is 0 Å². The highest BCUT2D eigenvalue weighted by Crippen LogP contribution is 2.14. The van der Waals surface area contributed by atoms with Crippen molar-refractivity contribution in [2.45, 2.75) is 25.0 Å². The number of aliphatic imine (C=N–C) groups is 1. The van der Waals surface area contributed by atoms with Gasteiger partial charge in [0.05, 0.1) is 11.3 Å². The number of halogens is 1. The Morgan fingerprint density at radius 1 is 1.50 bits per heavy atom. The fourth-order valence-electron chi connectivity index (χ4n) is 1.22. The summed E-state index contributed by atoms with van der Waals surface area (Å²) in [5.41, 5.74) is 5.71. The normalized spacial score (nSPS) is 12.8. The van der Waals surface area contributed by atoms with Crippen molar-refractivity contribution in [1.82, 2.24) is 5.32 Å². The number of nitrogens with two attached hydrogens (primary N) is 1. The highest BCUT2D eigenvalue weighted by Gasteiger charge is 2.29. The lowest BCUT2D eigenvalue weighted by molar-refractivity contribution is 0.555. The molecule has 0 radical (unpaired) electrons. The van der Waals surface area contributed by atoms with Crippen molar-refractivity contribution in [2.24, 2.45) is 10.7 Å². The fourth-order valence-corrected chi connectivity index (χ4v) is 2.23. The Labute approximate surface area is 142 Å². The maximum atomic E-state index is 11.5. The first-order chi connectivity index (χ1) is 8.72. The van der Waals surface area contributed by atoms with Crippen LogP contribution in [0, 0.1) is 0 Å². The maximum Gasteiger partial charge on any atom is 0.188 e. The van der Waals surface area contributed by atoms with Crippen LogP contribution >= 0.6 is 35.3 Å². The molecule has 0 amide bonds. The third-order valence-corrected chi connectivity index (χ3v) is 5.96. The van der Waals surface area contributed by atoms with Crippen LogP contribution in [0.25, 0.3) is 0 Å². The standard InChI is InChI=1S/C12H21N3O2S2.HI/c1-12(2,19(3,16)17)9-15-11(13)14-7-6-10-5-4-8-18-10;/h4-5,8H,6-7,9H2,1-3H3,(H3,13,14,15);1H. The minimum atomic E-state index is -3.14. The molecule has 1 rings (SSSR count). The van der Waals surface area contributed by atoms with Crippen molar-refractivity contribution < 1.29 is 8.42 Å². The number of rotatable bonds is 6. The van der Waals surface area contributed by atoms with Crippen LogP contribution in [0.15, 0.2) is 22.5 Å². The highest BCUT2D eigenvalue weighted by atomic mass is 127. The lowest BCUT2D eigenvalue weighted by Gasteiger charge is -2.20. The molecule has 1 aromatic rings. The van der Waals surface area contributed by atoms with E-state index < -0.39 is 14.6 Å². The van der Waals surface area contributed by atoms with Gasteiger partial charge in [0.1, 0.15) is 0 Å². The van der Waals surface area contributed by atoms with Gasteiger partial charge in [-0.25, -0.2) is 8.42 Å². The lowest BCUT2D eigenvalue weighted by Crippen LogP contribution is -2.38. The minimum absolute atomic E-state index is 0. The largest absolute Gasteiger partial charge is 0.370 e. The van der Waals surface area contributed by atoms with Crippen LogP contribution < -0.4 is 11.1 Å². The molecule has 0 aliphatic rings. The lowest BCUT2D eigenvalue weighted by atomic mass is 10.2. The van der Waals surface area contributed by atoms with E-state index in [9.17, 15) is 8.42 Å². The Bertz CT molecular complexity index is 525. The van der Waals surface area contributed by atoms with Crippen LogP contribution in [-0.4, -0.2) is 38.5 Å². The molecule has 0 bridgehead atoms. The van der Waals surface area contributed by atoms with Gasteiger partial charge < -0.3 is 11.1 Å². The van der Waals surface area contributed by atoms with E-state index in [4.69, 9.17) is 5.73 Å². The summed E-state index contributed by atoms with van der Waals surface area (Å²) in [5.74, 6) is 0.285. The van der Waals surface area contributed by atoms with Crippen LogP contribution in [0.2, 0.25) is 0 Å². The molecule has 8 heteroatoms. The topological polar surface area (TPSA) is 84.5 Å². The molecule has 5 nitrogen and oxygen atoms in total. The summed E-state index contributed by atoms with van der Waals surface area (Å²) in [5, 5.41) is 5.01. The van der Waals surface area contributed by atoms with Crippen molar-refractivity contribution in [2.75, 3.05) is 19.3 Å². The van der Waals surface area contributed by atoms with E-state index in [1.165, 1.54) is 11.1 Å². The van der Waals surface area contributed by atoms with Gasteiger partial charge in [-0.15, -0.1) is 35.3 Å². The molecule has 20 heavy (non-hydrogen) atoms. The Morgan fingerprint density at radius 3 is 2.65 bits per heavy atom. The number of nitrogens with one attached hydrogen (secondary N) is 1. The Balaban J connectivity index is 0.00000361. The molecule has 1 heterocycles. The van der Waals surface area contributed by atoms with Crippen LogP contribution in [0.1, 0.15) is 18.7 Å². The van der Waals surface area contributed by atoms with Crippen molar-refractivity contribution >= 4 is 51.1 Å². The smallest absolute Gasteiger partial charge is 0.188 e. The van der Waals surface area contributed by atoms with Crippen LogP contribution in [-0.2, 0) is 16.3 Å². The monoisotopic (exact) mass is 431 g/mol. The number of thiophene rings is 1. The van der Waals surface area contributed by atoms with Gasteiger partial charge in [-0.05, 0) is 31.7 Å². The van der Waals surface area contributed by atoms with Crippen molar-refractivity contribution in [3.63, 3.8) is 0 Å². The summed E-state index contributed by atoms with van der Waals surface area (Å²) in [7, 11) is -3.14. The zero-order valence-electron chi connectivity index (χ0n) is 11.9. The summed E-state index contributed by atoms with van der Waals surface area (Å²) in [4.78, 5) is 5.36. The molecule has 0 spiro atoms. The number of nitrogens with zero attached hydrogens (tertiary/aromatic N) is 1. The molecule has 0 atom stereocenters. The van der Waals surface area contributed by atoms with Gasteiger partial charge in [0.25, 0.3) is 0 Å². The molecule has 0 aliphatic carbocycles. The SMILES string of the molecule is CC(C)(CN=C(N)NCCc1cccs1)S(C)(=O)=O.I. The fraction of sp³-hybridized carbons (Fsp3) is 0.583. The van der Waals surface area contributed by atoms with Gasteiger partial charge in [0.2, 0.25) is 0 Å². The van der Waals surface area contributed by atoms with Gasteiger partial charge >= 0.3 is 0 Å². The van der Waals surface area contributed by atoms with Crippen molar-refractivity contribution in [3.8, 4) is 0 Å². The zero-order chi connectivity index (χ0) is 14.5. The van der Waals surface area contributed by atoms with Crippen molar-refractivity contribution in [3.05, 3.63) is 22.4 Å². The molecular formula is C12H22IN3O2S2. The molecule has 1 aromatic heterocycles. The molecule has 0 fully saturated rings. The molecule has 0 saturated carbocycles. The van der Waals surface area contributed by atoms with Gasteiger partial charge in [-0.1, -0.05) is 6.07 Å². The average molecular weight is 431 g/mol. The second kappa shape index (κ2) is 8.18. The van der Waals surface area contributed by atoms with E-state index in [1.807, 2.05) is 11.4 Å².